The molecule has 0 unspecified atom stereocenters. The maximum Gasteiger partial charge on any atom is 0.0348 e. The summed E-state index contributed by atoms with van der Waals surface area (Å²) in [6, 6.07) is 2.39. The third-order valence-electron chi connectivity index (χ3n) is 4.41. The van der Waals surface area contributed by atoms with Crippen molar-refractivity contribution in [3.05, 3.63) is 0 Å². The third kappa shape index (κ3) is 3.21. The van der Waals surface area contributed by atoms with Crippen LogP contribution in [0.4, 0.5) is 0 Å². The fourth-order valence-electron chi connectivity index (χ4n) is 3.16. The van der Waals surface area contributed by atoms with Crippen molar-refractivity contribution in [3.63, 3.8) is 0 Å². The largest absolute Gasteiger partial charge is 0.314 e. The van der Waals surface area contributed by atoms with Gasteiger partial charge in [0.25, 0.3) is 0 Å². The molecule has 1 N–H and O–H groups in total. The van der Waals surface area contributed by atoms with Crippen molar-refractivity contribution in [2.75, 3.05) is 32.7 Å². The standard InChI is InChI=1S/C14H29N3/c1-4-7-17(14-10-15-11-14)13-5-8-16(9-6-13)12(2)3/h12-15H,4-11H2,1-3H3. The fraction of sp³-hybridized carbons (Fsp3) is 1.00. The molecule has 2 heterocycles. The molecular formula is C14H29N3. The molecule has 3 nitrogen and oxygen atoms in total. The first kappa shape index (κ1) is 13.3. The lowest BCUT2D eigenvalue weighted by atomic mass is 9.98. The minimum atomic E-state index is 0.723. The van der Waals surface area contributed by atoms with Crippen molar-refractivity contribution >= 4 is 0 Å². The quantitative estimate of drug-likeness (QED) is 0.785. The molecule has 0 bridgehead atoms. The molecule has 17 heavy (non-hydrogen) atoms. The van der Waals surface area contributed by atoms with Crippen LogP contribution in [0.2, 0.25) is 0 Å². The van der Waals surface area contributed by atoms with Gasteiger partial charge in [0, 0.05) is 31.2 Å². The minimum Gasteiger partial charge on any atom is -0.314 e. The summed E-state index contributed by atoms with van der Waals surface area (Å²) in [6.45, 7) is 13.3. The van der Waals surface area contributed by atoms with Gasteiger partial charge in [0.2, 0.25) is 0 Å². The summed E-state index contributed by atoms with van der Waals surface area (Å²) < 4.78 is 0. The molecule has 0 aromatic heterocycles. The Bertz CT molecular complexity index is 218. The highest BCUT2D eigenvalue weighted by Crippen LogP contribution is 2.21. The lowest BCUT2D eigenvalue weighted by Crippen LogP contribution is -2.61. The molecule has 2 fully saturated rings. The highest BCUT2D eigenvalue weighted by molar-refractivity contribution is 4.90. The Balaban J connectivity index is 1.84. The van der Waals surface area contributed by atoms with Crippen molar-refractivity contribution in [1.29, 1.82) is 0 Å². The zero-order valence-electron chi connectivity index (χ0n) is 11.8. The maximum absolute atomic E-state index is 3.41. The number of piperidine rings is 1. The van der Waals surface area contributed by atoms with E-state index in [0.717, 1.165) is 18.1 Å². The van der Waals surface area contributed by atoms with Gasteiger partial charge in [-0.1, -0.05) is 6.92 Å². The van der Waals surface area contributed by atoms with E-state index < -0.39 is 0 Å². The molecule has 2 aliphatic heterocycles. The van der Waals surface area contributed by atoms with Gasteiger partial charge >= 0.3 is 0 Å². The van der Waals surface area contributed by atoms with Gasteiger partial charge in [-0.15, -0.1) is 0 Å². The summed E-state index contributed by atoms with van der Waals surface area (Å²) in [4.78, 5) is 5.41. The fourth-order valence-corrected chi connectivity index (χ4v) is 3.16. The molecule has 0 spiro atoms. The molecule has 3 heteroatoms. The van der Waals surface area contributed by atoms with Crippen LogP contribution in [0.1, 0.15) is 40.0 Å². The average Bonchev–Trinajstić information content (AvgIpc) is 2.26. The summed E-state index contributed by atoms with van der Waals surface area (Å²) >= 11 is 0. The van der Waals surface area contributed by atoms with E-state index >= 15 is 0 Å². The Hall–Kier alpha value is -0.120. The van der Waals surface area contributed by atoms with Crippen LogP contribution < -0.4 is 5.32 Å². The minimum absolute atomic E-state index is 0.723. The predicted molar refractivity (Wildman–Crippen MR) is 73.4 cm³/mol. The molecule has 0 radical (unpaired) electrons. The van der Waals surface area contributed by atoms with Crippen LogP contribution in [-0.4, -0.2) is 60.6 Å². The van der Waals surface area contributed by atoms with Gasteiger partial charge in [-0.3, -0.25) is 4.90 Å². The van der Waals surface area contributed by atoms with E-state index in [2.05, 4.69) is 35.9 Å². The zero-order valence-corrected chi connectivity index (χ0v) is 11.8. The van der Waals surface area contributed by atoms with Gasteiger partial charge in [0.1, 0.15) is 0 Å². The molecule has 0 aliphatic carbocycles. The van der Waals surface area contributed by atoms with E-state index in [1.165, 1.54) is 52.0 Å². The second kappa shape index (κ2) is 6.17. The van der Waals surface area contributed by atoms with Crippen LogP contribution in [-0.2, 0) is 0 Å². The first-order valence-corrected chi connectivity index (χ1v) is 7.43. The van der Waals surface area contributed by atoms with Gasteiger partial charge < -0.3 is 10.2 Å². The summed E-state index contributed by atoms with van der Waals surface area (Å²) in [7, 11) is 0. The third-order valence-corrected chi connectivity index (χ3v) is 4.41. The first-order chi connectivity index (χ1) is 8.22. The van der Waals surface area contributed by atoms with E-state index in [9.17, 15) is 0 Å². The van der Waals surface area contributed by atoms with E-state index in [0.29, 0.717) is 0 Å². The van der Waals surface area contributed by atoms with Crippen LogP contribution in [0.5, 0.6) is 0 Å². The molecule has 2 rings (SSSR count). The first-order valence-electron chi connectivity index (χ1n) is 7.43. The molecule has 0 atom stereocenters. The van der Waals surface area contributed by atoms with Crippen molar-refractivity contribution in [1.82, 2.24) is 15.1 Å². The Morgan fingerprint density at radius 3 is 2.24 bits per heavy atom. The topological polar surface area (TPSA) is 18.5 Å². The molecule has 0 saturated carbocycles. The van der Waals surface area contributed by atoms with Crippen molar-refractivity contribution in [2.45, 2.75) is 58.2 Å². The smallest absolute Gasteiger partial charge is 0.0348 e. The number of nitrogens with zero attached hydrogens (tertiary/aromatic N) is 2. The Morgan fingerprint density at radius 2 is 1.82 bits per heavy atom. The second-order valence-electron chi connectivity index (χ2n) is 5.91. The number of nitrogens with one attached hydrogen (secondary N) is 1. The number of hydrogen-bond acceptors (Lipinski definition) is 3. The van der Waals surface area contributed by atoms with Gasteiger partial charge in [-0.05, 0) is 52.7 Å². The van der Waals surface area contributed by atoms with Crippen LogP contribution in [0, 0.1) is 0 Å². The molecule has 0 aromatic carbocycles. The van der Waals surface area contributed by atoms with Crippen molar-refractivity contribution < 1.29 is 0 Å². The number of hydrogen-bond donors (Lipinski definition) is 1. The lowest BCUT2D eigenvalue weighted by molar-refractivity contribution is 0.0439. The molecular weight excluding hydrogens is 210 g/mol. The molecule has 0 amide bonds. The average molecular weight is 239 g/mol. The van der Waals surface area contributed by atoms with E-state index in [1.54, 1.807) is 0 Å². The van der Waals surface area contributed by atoms with Crippen molar-refractivity contribution in [3.8, 4) is 0 Å². The molecule has 100 valence electrons. The van der Waals surface area contributed by atoms with Crippen LogP contribution in [0.25, 0.3) is 0 Å². The van der Waals surface area contributed by atoms with Gasteiger partial charge in [0.05, 0.1) is 0 Å². The normalized spacial score (nSPS) is 24.5. The predicted octanol–water partition coefficient (Wildman–Crippen LogP) is 1.54. The Morgan fingerprint density at radius 1 is 1.18 bits per heavy atom. The SMILES string of the molecule is CCCN(C1CCN(C(C)C)CC1)C1CNC1. The monoisotopic (exact) mass is 239 g/mol. The van der Waals surface area contributed by atoms with Crippen molar-refractivity contribution in [2.24, 2.45) is 0 Å². The van der Waals surface area contributed by atoms with Crippen LogP contribution in [0.3, 0.4) is 0 Å². The summed E-state index contributed by atoms with van der Waals surface area (Å²) in [6.07, 6.45) is 4.03. The number of likely N-dealkylation sites (tertiary alicyclic amines) is 1. The lowest BCUT2D eigenvalue weighted by Gasteiger charge is -2.46. The highest BCUT2D eigenvalue weighted by atomic mass is 15.3. The van der Waals surface area contributed by atoms with E-state index in [4.69, 9.17) is 0 Å². The summed E-state index contributed by atoms with van der Waals surface area (Å²) in [5.41, 5.74) is 0. The van der Waals surface area contributed by atoms with Crippen LogP contribution >= 0.6 is 0 Å². The summed E-state index contributed by atoms with van der Waals surface area (Å²) in [5, 5.41) is 3.41. The zero-order chi connectivity index (χ0) is 12.3. The second-order valence-corrected chi connectivity index (χ2v) is 5.91. The molecule has 2 saturated heterocycles. The van der Waals surface area contributed by atoms with Gasteiger partial charge in [-0.2, -0.15) is 0 Å². The van der Waals surface area contributed by atoms with E-state index in [-0.39, 0.29) is 0 Å². The highest BCUT2D eigenvalue weighted by Gasteiger charge is 2.32. The maximum atomic E-state index is 3.41. The summed E-state index contributed by atoms with van der Waals surface area (Å²) in [5.74, 6) is 0. The van der Waals surface area contributed by atoms with Gasteiger partial charge in [-0.25, -0.2) is 0 Å². The number of rotatable bonds is 5. The van der Waals surface area contributed by atoms with E-state index in [1.807, 2.05) is 0 Å². The van der Waals surface area contributed by atoms with Gasteiger partial charge in [0.15, 0.2) is 0 Å². The Kier molecular flexibility index (Phi) is 4.83. The molecule has 0 aromatic rings. The molecule has 2 aliphatic rings. The Labute approximate surface area is 107 Å². The van der Waals surface area contributed by atoms with Crippen LogP contribution in [0.15, 0.2) is 0 Å².